The molecule has 0 saturated carbocycles. The number of rotatable bonds is 7. The minimum absolute atomic E-state index is 0.381. The van der Waals surface area contributed by atoms with Gasteiger partial charge in [0, 0.05) is 11.0 Å². The first-order valence-electron chi connectivity index (χ1n) is 9.54. The van der Waals surface area contributed by atoms with Gasteiger partial charge in [-0.2, -0.15) is 0 Å². The van der Waals surface area contributed by atoms with Crippen molar-refractivity contribution in [3.05, 3.63) is 57.5 Å². The Labute approximate surface area is 173 Å². The van der Waals surface area contributed by atoms with Crippen LogP contribution in [-0.2, 0) is 27.2 Å². The SMILES string of the molecule is CC(C)c1ccc(/C=C/C(=O)OCC(=O)Nc2sc3c(c2C(N)=O)CCC3)cc1. The average molecular weight is 413 g/mol. The number of thiophene rings is 1. The largest absolute Gasteiger partial charge is 0.452 e. The minimum atomic E-state index is -0.614. The molecule has 29 heavy (non-hydrogen) atoms. The van der Waals surface area contributed by atoms with Crippen molar-refractivity contribution in [3.8, 4) is 0 Å². The lowest BCUT2D eigenvalue weighted by Crippen LogP contribution is -2.22. The molecule has 0 spiro atoms. The van der Waals surface area contributed by atoms with Crippen molar-refractivity contribution in [3.63, 3.8) is 0 Å². The fraction of sp³-hybridized carbons (Fsp3) is 0.318. The van der Waals surface area contributed by atoms with Crippen molar-refractivity contribution in [1.29, 1.82) is 0 Å². The van der Waals surface area contributed by atoms with Crippen LogP contribution in [0.25, 0.3) is 6.08 Å². The van der Waals surface area contributed by atoms with Gasteiger partial charge in [0.15, 0.2) is 6.61 Å². The number of amides is 2. The van der Waals surface area contributed by atoms with E-state index in [1.165, 1.54) is 23.0 Å². The molecular formula is C22H24N2O4S. The third kappa shape index (κ3) is 5.12. The topological polar surface area (TPSA) is 98.5 Å². The molecule has 1 aliphatic carbocycles. The first-order chi connectivity index (χ1) is 13.8. The molecular weight excluding hydrogens is 388 g/mol. The van der Waals surface area contributed by atoms with Crippen LogP contribution in [-0.4, -0.2) is 24.4 Å². The maximum absolute atomic E-state index is 12.1. The molecule has 0 aliphatic heterocycles. The molecule has 152 valence electrons. The number of fused-ring (bicyclic) bond motifs is 1. The summed E-state index contributed by atoms with van der Waals surface area (Å²) in [7, 11) is 0. The summed E-state index contributed by atoms with van der Waals surface area (Å²) in [6.07, 6.45) is 5.58. The van der Waals surface area contributed by atoms with Crippen molar-refractivity contribution in [1.82, 2.24) is 0 Å². The summed E-state index contributed by atoms with van der Waals surface area (Å²) >= 11 is 1.36. The molecule has 2 aromatic rings. The molecule has 1 heterocycles. The average Bonchev–Trinajstić information content (AvgIpc) is 3.25. The molecule has 0 saturated heterocycles. The van der Waals surface area contributed by atoms with Gasteiger partial charge in [0.25, 0.3) is 11.8 Å². The molecule has 6 nitrogen and oxygen atoms in total. The monoisotopic (exact) mass is 412 g/mol. The fourth-order valence-electron chi connectivity index (χ4n) is 3.26. The van der Waals surface area contributed by atoms with Gasteiger partial charge in [-0.15, -0.1) is 11.3 Å². The van der Waals surface area contributed by atoms with Crippen LogP contribution in [0.2, 0.25) is 0 Å². The highest BCUT2D eigenvalue weighted by atomic mass is 32.1. The second-order valence-electron chi connectivity index (χ2n) is 7.24. The Balaban J connectivity index is 1.53. The van der Waals surface area contributed by atoms with Crippen LogP contribution in [0.15, 0.2) is 30.3 Å². The van der Waals surface area contributed by atoms with Gasteiger partial charge in [-0.05, 0) is 47.9 Å². The molecule has 7 heteroatoms. The molecule has 0 unspecified atom stereocenters. The number of benzene rings is 1. The molecule has 1 aromatic heterocycles. The summed E-state index contributed by atoms with van der Waals surface area (Å²) in [5.74, 6) is -1.23. The molecule has 0 bridgehead atoms. The smallest absolute Gasteiger partial charge is 0.331 e. The fourth-order valence-corrected chi connectivity index (χ4v) is 4.57. The third-order valence-corrected chi connectivity index (χ3v) is 5.99. The molecule has 1 aromatic carbocycles. The normalized spacial score (nSPS) is 12.9. The summed E-state index contributed by atoms with van der Waals surface area (Å²) in [5.41, 5.74) is 8.87. The molecule has 3 rings (SSSR count). The van der Waals surface area contributed by atoms with Crippen LogP contribution >= 0.6 is 11.3 Å². The van der Waals surface area contributed by atoms with Crippen molar-refractivity contribution in [2.45, 2.75) is 39.0 Å². The summed E-state index contributed by atoms with van der Waals surface area (Å²) < 4.78 is 4.99. The van der Waals surface area contributed by atoms with E-state index in [0.29, 0.717) is 16.5 Å². The van der Waals surface area contributed by atoms with Crippen molar-refractivity contribution >= 4 is 40.2 Å². The van der Waals surface area contributed by atoms with E-state index in [9.17, 15) is 14.4 Å². The summed E-state index contributed by atoms with van der Waals surface area (Å²) in [6.45, 7) is 3.79. The van der Waals surface area contributed by atoms with E-state index >= 15 is 0 Å². The summed E-state index contributed by atoms with van der Waals surface area (Å²) in [4.78, 5) is 36.8. The second-order valence-corrected chi connectivity index (χ2v) is 8.34. The zero-order valence-electron chi connectivity index (χ0n) is 16.5. The highest BCUT2D eigenvalue weighted by Gasteiger charge is 2.26. The standard InChI is InChI=1S/C22H24N2O4S/c1-13(2)15-9-6-14(7-10-15)8-11-19(26)28-12-18(25)24-22-20(21(23)27)16-4-3-5-17(16)29-22/h6-11,13H,3-5,12H2,1-2H3,(H2,23,27)(H,24,25)/b11-8+. The lowest BCUT2D eigenvalue weighted by molar-refractivity contribution is -0.142. The van der Waals surface area contributed by atoms with Crippen molar-refractivity contribution < 1.29 is 19.1 Å². The third-order valence-electron chi connectivity index (χ3n) is 4.78. The maximum atomic E-state index is 12.1. The van der Waals surface area contributed by atoms with E-state index in [0.717, 1.165) is 35.3 Å². The van der Waals surface area contributed by atoms with Gasteiger partial charge in [0.1, 0.15) is 5.00 Å². The number of hydrogen-bond donors (Lipinski definition) is 2. The first kappa shape index (κ1) is 20.8. The van der Waals surface area contributed by atoms with Gasteiger partial charge in [-0.3, -0.25) is 9.59 Å². The minimum Gasteiger partial charge on any atom is -0.452 e. The molecule has 1 aliphatic rings. The summed E-state index contributed by atoms with van der Waals surface area (Å²) in [6, 6.07) is 7.87. The highest BCUT2D eigenvalue weighted by molar-refractivity contribution is 7.17. The van der Waals surface area contributed by atoms with Gasteiger partial charge in [0.2, 0.25) is 0 Å². The van der Waals surface area contributed by atoms with Gasteiger partial charge in [-0.25, -0.2) is 4.79 Å². The van der Waals surface area contributed by atoms with E-state index in [-0.39, 0.29) is 0 Å². The molecule has 2 amide bonds. The maximum Gasteiger partial charge on any atom is 0.331 e. The van der Waals surface area contributed by atoms with Crippen LogP contribution in [0.4, 0.5) is 5.00 Å². The van der Waals surface area contributed by atoms with Crippen LogP contribution in [0.5, 0.6) is 0 Å². The summed E-state index contributed by atoms with van der Waals surface area (Å²) in [5, 5.41) is 3.08. The lowest BCUT2D eigenvalue weighted by atomic mass is 10.0. The van der Waals surface area contributed by atoms with Crippen LogP contribution < -0.4 is 11.1 Å². The van der Waals surface area contributed by atoms with Gasteiger partial charge >= 0.3 is 5.97 Å². The molecule has 0 atom stereocenters. The number of aryl methyl sites for hydroxylation is 1. The number of nitrogens with two attached hydrogens (primary N) is 1. The number of anilines is 1. The van der Waals surface area contributed by atoms with E-state index in [2.05, 4.69) is 19.2 Å². The highest BCUT2D eigenvalue weighted by Crippen LogP contribution is 2.38. The number of hydrogen-bond acceptors (Lipinski definition) is 5. The molecule has 0 radical (unpaired) electrons. The molecule has 0 fully saturated rings. The Kier molecular flexibility index (Phi) is 6.49. The van der Waals surface area contributed by atoms with Crippen LogP contribution in [0.3, 0.4) is 0 Å². The lowest BCUT2D eigenvalue weighted by Gasteiger charge is -2.06. The predicted molar refractivity (Wildman–Crippen MR) is 114 cm³/mol. The zero-order chi connectivity index (χ0) is 21.0. The van der Waals surface area contributed by atoms with E-state index in [1.807, 2.05) is 24.3 Å². The number of carbonyl (C=O) groups is 3. The Hall–Kier alpha value is -2.93. The van der Waals surface area contributed by atoms with E-state index in [4.69, 9.17) is 10.5 Å². The number of esters is 1. The predicted octanol–water partition coefficient (Wildman–Crippen LogP) is 3.65. The molecule has 3 N–H and O–H groups in total. The van der Waals surface area contributed by atoms with Gasteiger partial charge in [0.05, 0.1) is 5.56 Å². The Morgan fingerprint density at radius 1 is 1.21 bits per heavy atom. The number of primary amides is 1. The van der Waals surface area contributed by atoms with E-state index in [1.54, 1.807) is 6.08 Å². The number of carbonyl (C=O) groups excluding carboxylic acids is 3. The quantitative estimate of drug-likeness (QED) is 0.536. The van der Waals surface area contributed by atoms with Crippen molar-refractivity contribution in [2.24, 2.45) is 5.73 Å². The Morgan fingerprint density at radius 3 is 2.59 bits per heavy atom. The van der Waals surface area contributed by atoms with Gasteiger partial charge < -0.3 is 15.8 Å². The Bertz CT molecular complexity index is 958. The van der Waals surface area contributed by atoms with Crippen molar-refractivity contribution in [2.75, 3.05) is 11.9 Å². The number of nitrogens with one attached hydrogen (secondary N) is 1. The van der Waals surface area contributed by atoms with Crippen LogP contribution in [0, 0.1) is 0 Å². The first-order valence-corrected chi connectivity index (χ1v) is 10.4. The van der Waals surface area contributed by atoms with Gasteiger partial charge in [-0.1, -0.05) is 38.1 Å². The van der Waals surface area contributed by atoms with Crippen LogP contribution in [0.1, 0.15) is 58.1 Å². The zero-order valence-corrected chi connectivity index (χ0v) is 17.3. The van der Waals surface area contributed by atoms with E-state index < -0.39 is 24.4 Å². The Morgan fingerprint density at radius 2 is 1.93 bits per heavy atom. The number of ether oxygens (including phenoxy) is 1. The second kappa shape index (κ2) is 9.05.